The van der Waals surface area contributed by atoms with Gasteiger partial charge in [-0.05, 0) is 37.6 Å². The molecule has 2 aliphatic rings. The zero-order valence-corrected chi connectivity index (χ0v) is 8.93. The fourth-order valence-electron chi connectivity index (χ4n) is 2.55. The quantitative estimate of drug-likeness (QED) is 0.592. The van der Waals surface area contributed by atoms with Crippen LogP contribution in [0, 0.1) is 0 Å². The standard InChI is InChI=1S/C12H11ClO/c1-11-6-7-12(2,14-11)10-8(11)4-3-5-9(10)13/h3-7H,1-2H3. The average molecular weight is 207 g/mol. The molecule has 1 nitrogen and oxygen atoms in total. The van der Waals surface area contributed by atoms with E-state index in [1.54, 1.807) is 0 Å². The van der Waals surface area contributed by atoms with Crippen molar-refractivity contribution in [1.82, 2.24) is 0 Å². The fourth-order valence-corrected chi connectivity index (χ4v) is 2.91. The second-order valence-electron chi connectivity index (χ2n) is 4.31. The molecule has 0 radical (unpaired) electrons. The zero-order chi connectivity index (χ0) is 9.97. The first-order chi connectivity index (χ1) is 6.55. The van der Waals surface area contributed by atoms with E-state index < -0.39 is 0 Å². The molecule has 2 aliphatic heterocycles. The number of hydrogen-bond acceptors (Lipinski definition) is 1. The van der Waals surface area contributed by atoms with E-state index in [2.05, 4.69) is 32.1 Å². The summed E-state index contributed by atoms with van der Waals surface area (Å²) in [6.07, 6.45) is 4.22. The van der Waals surface area contributed by atoms with E-state index in [1.807, 2.05) is 12.1 Å². The normalized spacial score (nSPS) is 37.6. The van der Waals surface area contributed by atoms with Crippen molar-refractivity contribution in [2.75, 3.05) is 0 Å². The molecule has 2 heterocycles. The van der Waals surface area contributed by atoms with Crippen molar-refractivity contribution in [3.8, 4) is 0 Å². The second-order valence-corrected chi connectivity index (χ2v) is 4.72. The van der Waals surface area contributed by atoms with Gasteiger partial charge in [0.05, 0.1) is 0 Å². The van der Waals surface area contributed by atoms with Gasteiger partial charge in [0.25, 0.3) is 0 Å². The Morgan fingerprint density at radius 1 is 1.14 bits per heavy atom. The molecule has 0 spiro atoms. The summed E-state index contributed by atoms with van der Waals surface area (Å²) in [5, 5.41) is 0.804. The maximum Gasteiger partial charge on any atom is 0.112 e. The molecule has 2 atom stereocenters. The fraction of sp³-hybridized carbons (Fsp3) is 0.333. The molecule has 2 bridgehead atoms. The van der Waals surface area contributed by atoms with Crippen LogP contribution in [0.15, 0.2) is 30.4 Å². The van der Waals surface area contributed by atoms with E-state index in [-0.39, 0.29) is 11.2 Å². The van der Waals surface area contributed by atoms with Crippen molar-refractivity contribution in [3.63, 3.8) is 0 Å². The van der Waals surface area contributed by atoms with Crippen LogP contribution in [0.5, 0.6) is 0 Å². The lowest BCUT2D eigenvalue weighted by molar-refractivity contribution is -0.0494. The summed E-state index contributed by atoms with van der Waals surface area (Å²) < 4.78 is 6.00. The lowest BCUT2D eigenvalue weighted by atomic mass is 9.83. The number of hydrogen-bond donors (Lipinski definition) is 0. The summed E-state index contributed by atoms with van der Waals surface area (Å²) in [4.78, 5) is 0. The summed E-state index contributed by atoms with van der Waals surface area (Å²) in [5.41, 5.74) is 1.75. The lowest BCUT2D eigenvalue weighted by Crippen LogP contribution is -2.17. The highest BCUT2D eigenvalue weighted by atomic mass is 35.5. The summed E-state index contributed by atoms with van der Waals surface area (Å²) in [7, 11) is 0. The van der Waals surface area contributed by atoms with Crippen LogP contribution in [-0.4, -0.2) is 0 Å². The van der Waals surface area contributed by atoms with Crippen molar-refractivity contribution in [1.29, 1.82) is 0 Å². The van der Waals surface area contributed by atoms with E-state index in [1.165, 1.54) is 5.56 Å². The van der Waals surface area contributed by atoms with Gasteiger partial charge in [0.15, 0.2) is 0 Å². The van der Waals surface area contributed by atoms with E-state index in [0.29, 0.717) is 0 Å². The zero-order valence-electron chi connectivity index (χ0n) is 8.17. The second kappa shape index (κ2) is 2.23. The van der Waals surface area contributed by atoms with Crippen molar-refractivity contribution in [3.05, 3.63) is 46.5 Å². The van der Waals surface area contributed by atoms with E-state index >= 15 is 0 Å². The summed E-state index contributed by atoms with van der Waals surface area (Å²) >= 11 is 6.20. The van der Waals surface area contributed by atoms with Crippen molar-refractivity contribution < 1.29 is 4.74 Å². The molecule has 1 aromatic rings. The number of rotatable bonds is 0. The smallest absolute Gasteiger partial charge is 0.112 e. The van der Waals surface area contributed by atoms with E-state index in [0.717, 1.165) is 10.6 Å². The minimum atomic E-state index is -0.317. The van der Waals surface area contributed by atoms with Crippen LogP contribution >= 0.6 is 11.6 Å². The van der Waals surface area contributed by atoms with Gasteiger partial charge < -0.3 is 4.74 Å². The number of ether oxygens (including phenoxy) is 1. The monoisotopic (exact) mass is 206 g/mol. The SMILES string of the molecule is CC12C=CC(C)(O1)c1c(Cl)cccc12. The predicted octanol–water partition coefficient (Wildman–Crippen LogP) is 3.37. The third-order valence-corrected chi connectivity index (χ3v) is 3.50. The molecule has 2 unspecified atom stereocenters. The van der Waals surface area contributed by atoms with Gasteiger partial charge in [-0.2, -0.15) is 0 Å². The van der Waals surface area contributed by atoms with E-state index in [9.17, 15) is 0 Å². The molecule has 0 aromatic heterocycles. The molecule has 0 amide bonds. The molecule has 0 saturated carbocycles. The van der Waals surface area contributed by atoms with Crippen LogP contribution in [0.25, 0.3) is 0 Å². The molecule has 0 fully saturated rings. The molecule has 0 aliphatic carbocycles. The Morgan fingerprint density at radius 2 is 1.86 bits per heavy atom. The Balaban J connectivity index is 2.38. The molecular formula is C12H11ClO. The first-order valence-electron chi connectivity index (χ1n) is 4.75. The Kier molecular flexibility index (Phi) is 1.36. The number of halogens is 1. The maximum atomic E-state index is 6.20. The molecule has 2 heteroatoms. The van der Waals surface area contributed by atoms with Gasteiger partial charge >= 0.3 is 0 Å². The first kappa shape index (κ1) is 8.51. The summed E-state index contributed by atoms with van der Waals surface area (Å²) in [5.74, 6) is 0. The highest BCUT2D eigenvalue weighted by molar-refractivity contribution is 6.31. The van der Waals surface area contributed by atoms with Crippen LogP contribution in [-0.2, 0) is 15.9 Å². The van der Waals surface area contributed by atoms with Crippen molar-refractivity contribution in [2.45, 2.75) is 25.0 Å². The van der Waals surface area contributed by atoms with Crippen LogP contribution in [0.4, 0.5) is 0 Å². The Hall–Kier alpha value is -0.790. The van der Waals surface area contributed by atoms with Gasteiger partial charge in [0, 0.05) is 10.6 Å². The van der Waals surface area contributed by atoms with Crippen LogP contribution < -0.4 is 0 Å². The molecule has 0 saturated heterocycles. The third-order valence-electron chi connectivity index (χ3n) is 3.19. The van der Waals surface area contributed by atoms with Gasteiger partial charge in [-0.15, -0.1) is 0 Å². The van der Waals surface area contributed by atoms with E-state index in [4.69, 9.17) is 16.3 Å². The van der Waals surface area contributed by atoms with Gasteiger partial charge in [-0.3, -0.25) is 0 Å². The molecule has 0 N–H and O–H groups in total. The molecular weight excluding hydrogens is 196 g/mol. The summed E-state index contributed by atoms with van der Waals surface area (Å²) in [6.45, 7) is 4.14. The Morgan fingerprint density at radius 3 is 2.57 bits per heavy atom. The Bertz CT molecular complexity index is 452. The van der Waals surface area contributed by atoms with Crippen molar-refractivity contribution >= 4 is 11.6 Å². The molecule has 72 valence electrons. The largest absolute Gasteiger partial charge is 0.351 e. The number of benzene rings is 1. The molecule has 3 rings (SSSR count). The van der Waals surface area contributed by atoms with Crippen LogP contribution in [0.2, 0.25) is 5.02 Å². The average Bonchev–Trinajstić information content (AvgIpc) is 2.54. The minimum Gasteiger partial charge on any atom is -0.351 e. The topological polar surface area (TPSA) is 9.23 Å². The van der Waals surface area contributed by atoms with Crippen LogP contribution in [0.1, 0.15) is 25.0 Å². The third kappa shape index (κ3) is 0.800. The van der Waals surface area contributed by atoms with Crippen LogP contribution in [0.3, 0.4) is 0 Å². The molecule has 14 heavy (non-hydrogen) atoms. The summed E-state index contributed by atoms with van der Waals surface area (Å²) in [6, 6.07) is 6.00. The highest BCUT2D eigenvalue weighted by Gasteiger charge is 2.51. The maximum absolute atomic E-state index is 6.20. The molecule has 1 aromatic carbocycles. The van der Waals surface area contributed by atoms with Gasteiger partial charge in [0.2, 0.25) is 0 Å². The number of fused-ring (bicyclic) bond motifs is 5. The lowest BCUT2D eigenvalue weighted by Gasteiger charge is -2.18. The predicted molar refractivity (Wildman–Crippen MR) is 56.4 cm³/mol. The minimum absolute atomic E-state index is 0.269. The van der Waals surface area contributed by atoms with Gasteiger partial charge in [-0.25, -0.2) is 0 Å². The van der Waals surface area contributed by atoms with Crippen molar-refractivity contribution in [2.24, 2.45) is 0 Å². The Labute approximate surface area is 88.3 Å². The van der Waals surface area contributed by atoms with Gasteiger partial charge in [0.1, 0.15) is 11.2 Å². The highest BCUT2D eigenvalue weighted by Crippen LogP contribution is 2.55. The first-order valence-corrected chi connectivity index (χ1v) is 5.13. The van der Waals surface area contributed by atoms with Gasteiger partial charge in [-0.1, -0.05) is 23.7 Å².